The van der Waals surface area contributed by atoms with E-state index in [9.17, 15) is 5.11 Å². The number of phenolic OH excluding ortho intramolecular Hbond substituents is 1. The standard InChI is InChI=1S/C11H12BrN3O.ClH/c1-15-7-10(6-14-15)13-5-8-4-9(12)2-3-11(8)16;/h2-4,6-7,13,16H,5H2,1H3;1H. The van der Waals surface area contributed by atoms with E-state index in [0.717, 1.165) is 15.7 Å². The third-order valence-corrected chi connectivity index (χ3v) is 2.72. The lowest BCUT2D eigenvalue weighted by atomic mass is 10.2. The zero-order valence-corrected chi connectivity index (χ0v) is 11.6. The monoisotopic (exact) mass is 317 g/mol. The molecule has 1 aromatic heterocycles. The minimum atomic E-state index is 0. The van der Waals surface area contributed by atoms with Gasteiger partial charge in [-0.3, -0.25) is 4.68 Å². The van der Waals surface area contributed by atoms with E-state index in [0.29, 0.717) is 12.3 Å². The van der Waals surface area contributed by atoms with Crippen molar-refractivity contribution in [2.24, 2.45) is 7.05 Å². The SMILES string of the molecule is Cl.Cn1cc(NCc2cc(Br)ccc2O)cn1. The Morgan fingerprint density at radius 2 is 2.24 bits per heavy atom. The first-order valence-corrected chi connectivity index (χ1v) is 5.64. The van der Waals surface area contributed by atoms with Gasteiger partial charge in [-0.05, 0) is 18.2 Å². The second-order valence-corrected chi connectivity index (χ2v) is 4.44. The molecule has 1 aromatic carbocycles. The molecule has 0 amide bonds. The van der Waals surface area contributed by atoms with Crippen LogP contribution in [0.3, 0.4) is 0 Å². The van der Waals surface area contributed by atoms with Crippen LogP contribution in [0.1, 0.15) is 5.56 Å². The van der Waals surface area contributed by atoms with Crippen molar-refractivity contribution in [3.63, 3.8) is 0 Å². The van der Waals surface area contributed by atoms with E-state index in [1.54, 1.807) is 16.9 Å². The van der Waals surface area contributed by atoms with E-state index in [1.807, 2.05) is 25.4 Å². The minimum Gasteiger partial charge on any atom is -0.508 e. The smallest absolute Gasteiger partial charge is 0.120 e. The van der Waals surface area contributed by atoms with E-state index in [2.05, 4.69) is 26.3 Å². The molecule has 0 radical (unpaired) electrons. The van der Waals surface area contributed by atoms with Gasteiger partial charge < -0.3 is 10.4 Å². The number of aromatic hydroxyl groups is 1. The van der Waals surface area contributed by atoms with Crippen LogP contribution in [-0.2, 0) is 13.6 Å². The van der Waals surface area contributed by atoms with Crippen LogP contribution in [0.4, 0.5) is 5.69 Å². The summed E-state index contributed by atoms with van der Waals surface area (Å²) in [6.45, 7) is 0.566. The van der Waals surface area contributed by atoms with Gasteiger partial charge in [-0.1, -0.05) is 15.9 Å². The Kier molecular flexibility index (Phi) is 4.84. The summed E-state index contributed by atoms with van der Waals surface area (Å²) in [5.74, 6) is 0.291. The molecule has 0 fully saturated rings. The van der Waals surface area contributed by atoms with Crippen LogP contribution in [0.2, 0.25) is 0 Å². The third-order valence-electron chi connectivity index (χ3n) is 2.23. The second kappa shape index (κ2) is 5.93. The maximum Gasteiger partial charge on any atom is 0.120 e. The summed E-state index contributed by atoms with van der Waals surface area (Å²) in [4.78, 5) is 0. The fraction of sp³-hybridized carbons (Fsp3) is 0.182. The van der Waals surface area contributed by atoms with Crippen molar-refractivity contribution in [3.05, 3.63) is 40.6 Å². The van der Waals surface area contributed by atoms with Crippen LogP contribution in [-0.4, -0.2) is 14.9 Å². The number of nitrogens with zero attached hydrogens (tertiary/aromatic N) is 2. The molecule has 1 heterocycles. The average molecular weight is 319 g/mol. The molecule has 0 bridgehead atoms. The predicted molar refractivity (Wildman–Crippen MR) is 73.6 cm³/mol. The van der Waals surface area contributed by atoms with Crippen molar-refractivity contribution in [1.29, 1.82) is 0 Å². The summed E-state index contributed by atoms with van der Waals surface area (Å²) >= 11 is 3.37. The Labute approximate surface area is 114 Å². The van der Waals surface area contributed by atoms with Crippen LogP contribution in [0.5, 0.6) is 5.75 Å². The average Bonchev–Trinajstić information content (AvgIpc) is 2.66. The molecular formula is C11H13BrClN3O. The summed E-state index contributed by atoms with van der Waals surface area (Å²) in [5.41, 5.74) is 1.78. The Bertz CT molecular complexity index is 501. The molecule has 0 atom stereocenters. The maximum atomic E-state index is 9.64. The molecule has 0 spiro atoms. The predicted octanol–water partition coefficient (Wildman–Crippen LogP) is 2.92. The summed E-state index contributed by atoms with van der Waals surface area (Å²) < 4.78 is 2.68. The van der Waals surface area contributed by atoms with Crippen molar-refractivity contribution < 1.29 is 5.11 Å². The van der Waals surface area contributed by atoms with Gasteiger partial charge in [0.25, 0.3) is 0 Å². The molecule has 2 rings (SSSR count). The molecule has 2 N–H and O–H groups in total. The molecule has 0 saturated carbocycles. The molecule has 17 heavy (non-hydrogen) atoms. The number of nitrogens with one attached hydrogen (secondary N) is 1. The number of hydrogen-bond acceptors (Lipinski definition) is 3. The van der Waals surface area contributed by atoms with Crippen LogP contribution >= 0.6 is 28.3 Å². The van der Waals surface area contributed by atoms with Gasteiger partial charge in [0.05, 0.1) is 11.9 Å². The van der Waals surface area contributed by atoms with E-state index in [1.165, 1.54) is 0 Å². The molecule has 0 unspecified atom stereocenters. The number of halogens is 2. The molecule has 0 aliphatic heterocycles. The number of rotatable bonds is 3. The summed E-state index contributed by atoms with van der Waals surface area (Å²) in [5, 5.41) is 16.9. The van der Waals surface area contributed by atoms with Crippen molar-refractivity contribution in [1.82, 2.24) is 9.78 Å². The van der Waals surface area contributed by atoms with Gasteiger partial charge in [0.1, 0.15) is 5.75 Å². The van der Waals surface area contributed by atoms with E-state index in [-0.39, 0.29) is 12.4 Å². The highest BCUT2D eigenvalue weighted by Crippen LogP contribution is 2.22. The number of phenols is 1. The summed E-state index contributed by atoms with van der Waals surface area (Å²) in [6.07, 6.45) is 3.63. The van der Waals surface area contributed by atoms with Gasteiger partial charge in [0.2, 0.25) is 0 Å². The fourth-order valence-corrected chi connectivity index (χ4v) is 1.81. The van der Waals surface area contributed by atoms with Crippen molar-refractivity contribution in [2.45, 2.75) is 6.54 Å². The largest absolute Gasteiger partial charge is 0.508 e. The Hall–Kier alpha value is -1.20. The first kappa shape index (κ1) is 13.9. The Morgan fingerprint density at radius 3 is 2.88 bits per heavy atom. The lowest BCUT2D eigenvalue weighted by Crippen LogP contribution is -1.98. The quantitative estimate of drug-likeness (QED) is 0.915. The Balaban J connectivity index is 0.00000144. The van der Waals surface area contributed by atoms with Gasteiger partial charge in [0, 0.05) is 29.8 Å². The van der Waals surface area contributed by atoms with E-state index >= 15 is 0 Å². The molecule has 0 aliphatic rings. The molecule has 0 aliphatic carbocycles. The second-order valence-electron chi connectivity index (χ2n) is 3.53. The number of benzene rings is 1. The van der Waals surface area contributed by atoms with Gasteiger partial charge >= 0.3 is 0 Å². The minimum absolute atomic E-state index is 0. The summed E-state index contributed by atoms with van der Waals surface area (Å²) in [7, 11) is 1.86. The van der Waals surface area contributed by atoms with Crippen LogP contribution < -0.4 is 5.32 Å². The van der Waals surface area contributed by atoms with Gasteiger partial charge in [-0.15, -0.1) is 12.4 Å². The molecule has 0 saturated heterocycles. The summed E-state index contributed by atoms with van der Waals surface area (Å²) in [6, 6.07) is 5.37. The van der Waals surface area contributed by atoms with Crippen molar-refractivity contribution in [3.8, 4) is 5.75 Å². The van der Waals surface area contributed by atoms with E-state index < -0.39 is 0 Å². The molecule has 92 valence electrons. The van der Waals surface area contributed by atoms with Crippen LogP contribution in [0.15, 0.2) is 35.1 Å². The molecule has 6 heteroatoms. The number of aryl methyl sites for hydroxylation is 1. The zero-order chi connectivity index (χ0) is 11.5. The van der Waals surface area contributed by atoms with E-state index in [4.69, 9.17) is 0 Å². The third kappa shape index (κ3) is 3.64. The lowest BCUT2D eigenvalue weighted by Gasteiger charge is -2.06. The van der Waals surface area contributed by atoms with Gasteiger partial charge in [-0.2, -0.15) is 5.10 Å². The molecule has 4 nitrogen and oxygen atoms in total. The number of hydrogen-bond donors (Lipinski definition) is 2. The highest BCUT2D eigenvalue weighted by molar-refractivity contribution is 9.10. The van der Waals surface area contributed by atoms with Gasteiger partial charge in [-0.25, -0.2) is 0 Å². The van der Waals surface area contributed by atoms with Gasteiger partial charge in [0.15, 0.2) is 0 Å². The topological polar surface area (TPSA) is 50.1 Å². The van der Waals surface area contributed by atoms with Crippen molar-refractivity contribution in [2.75, 3.05) is 5.32 Å². The Morgan fingerprint density at radius 1 is 1.47 bits per heavy atom. The first-order valence-electron chi connectivity index (χ1n) is 4.85. The normalized spacial score (nSPS) is 9.76. The number of anilines is 1. The zero-order valence-electron chi connectivity index (χ0n) is 9.22. The molecular weight excluding hydrogens is 305 g/mol. The molecule has 2 aromatic rings. The maximum absolute atomic E-state index is 9.64. The van der Waals surface area contributed by atoms with Crippen LogP contribution in [0, 0.1) is 0 Å². The van der Waals surface area contributed by atoms with Crippen LogP contribution in [0.25, 0.3) is 0 Å². The fourth-order valence-electron chi connectivity index (χ4n) is 1.41. The first-order chi connectivity index (χ1) is 7.65. The lowest BCUT2D eigenvalue weighted by molar-refractivity contribution is 0.469. The van der Waals surface area contributed by atoms with Crippen molar-refractivity contribution >= 4 is 34.0 Å². The highest BCUT2D eigenvalue weighted by atomic mass is 79.9. The number of aromatic nitrogens is 2. The highest BCUT2D eigenvalue weighted by Gasteiger charge is 2.02.